The quantitative estimate of drug-likeness (QED) is 0.570. The monoisotopic (exact) mass is 379 g/mol. The van der Waals surface area contributed by atoms with Crippen molar-refractivity contribution in [3.63, 3.8) is 0 Å². The second kappa shape index (κ2) is 9.42. The van der Waals surface area contributed by atoms with Gasteiger partial charge in [-0.2, -0.15) is 0 Å². The van der Waals surface area contributed by atoms with Gasteiger partial charge in [-0.3, -0.25) is 4.79 Å². The van der Waals surface area contributed by atoms with Gasteiger partial charge in [0.2, 0.25) is 0 Å². The molecule has 3 aromatic rings. The average molecular weight is 380 g/mol. The van der Waals surface area contributed by atoms with Crippen LogP contribution in [0.3, 0.4) is 0 Å². The van der Waals surface area contributed by atoms with Crippen molar-refractivity contribution in [1.29, 1.82) is 0 Å². The second-order valence-corrected chi connectivity index (χ2v) is 6.71. The lowest BCUT2D eigenvalue weighted by molar-refractivity contribution is 0.0942. The van der Waals surface area contributed by atoms with E-state index in [9.17, 15) is 4.79 Å². The van der Waals surface area contributed by atoms with Crippen molar-refractivity contribution in [2.24, 2.45) is 0 Å². The number of nitrogens with zero attached hydrogens (tertiary/aromatic N) is 2. The number of nitrogens with one attached hydrogen (secondary N) is 1. The summed E-state index contributed by atoms with van der Waals surface area (Å²) in [5, 5.41) is 4.01. The molecule has 0 atom stereocenters. The molecule has 0 radical (unpaired) electrons. The molecule has 2 aromatic carbocycles. The molecule has 0 unspecified atom stereocenters. The fourth-order valence-electron chi connectivity index (χ4n) is 3.59. The number of hydrogen-bond donors (Lipinski definition) is 1. The summed E-state index contributed by atoms with van der Waals surface area (Å²) in [6.07, 6.45) is 0.918. The van der Waals surface area contributed by atoms with Crippen molar-refractivity contribution >= 4 is 16.8 Å². The highest BCUT2D eigenvalue weighted by Crippen LogP contribution is 2.35. The first kappa shape index (κ1) is 20.0. The summed E-state index contributed by atoms with van der Waals surface area (Å²) in [5.41, 5.74) is 2.44. The van der Waals surface area contributed by atoms with Gasteiger partial charge in [-0.25, -0.2) is 0 Å². The highest BCUT2D eigenvalue weighted by atomic mass is 16.5. The molecule has 1 aromatic heterocycles. The Morgan fingerprint density at radius 3 is 2.39 bits per heavy atom. The smallest absolute Gasteiger partial charge is 0.272 e. The number of ether oxygens (including phenoxy) is 1. The van der Waals surface area contributed by atoms with Gasteiger partial charge in [-0.15, -0.1) is 0 Å². The first-order chi connectivity index (χ1) is 13.7. The summed E-state index contributed by atoms with van der Waals surface area (Å²) in [6, 6.07) is 17.9. The molecule has 0 bridgehead atoms. The van der Waals surface area contributed by atoms with E-state index in [1.165, 1.54) is 0 Å². The molecular formula is C23H29N3O2. The number of carbonyl (C=O) groups is 1. The SMILES string of the molecule is CCN(CC)CCCNC(=O)c1c(OC)c2ccccc2n1-c1ccccc1. The summed E-state index contributed by atoms with van der Waals surface area (Å²) in [7, 11) is 1.62. The lowest BCUT2D eigenvalue weighted by Gasteiger charge is -2.18. The first-order valence-electron chi connectivity index (χ1n) is 9.94. The number of aromatic nitrogens is 1. The zero-order valence-corrected chi connectivity index (χ0v) is 16.9. The molecule has 0 aliphatic rings. The van der Waals surface area contributed by atoms with Gasteiger partial charge >= 0.3 is 0 Å². The van der Waals surface area contributed by atoms with E-state index in [4.69, 9.17) is 4.74 Å². The normalized spacial score (nSPS) is 11.1. The van der Waals surface area contributed by atoms with Crippen molar-refractivity contribution in [2.75, 3.05) is 33.3 Å². The van der Waals surface area contributed by atoms with E-state index >= 15 is 0 Å². The van der Waals surface area contributed by atoms with E-state index in [2.05, 4.69) is 24.1 Å². The van der Waals surface area contributed by atoms with Crippen LogP contribution in [0.4, 0.5) is 0 Å². The van der Waals surface area contributed by atoms with Crippen LogP contribution in [0.2, 0.25) is 0 Å². The largest absolute Gasteiger partial charge is 0.494 e. The van der Waals surface area contributed by atoms with E-state index in [0.29, 0.717) is 18.0 Å². The van der Waals surface area contributed by atoms with Gasteiger partial charge in [0, 0.05) is 17.6 Å². The number of amides is 1. The maximum atomic E-state index is 13.1. The average Bonchev–Trinajstić information content (AvgIpc) is 3.08. The van der Waals surface area contributed by atoms with Crippen LogP contribution in [-0.2, 0) is 0 Å². The zero-order chi connectivity index (χ0) is 19.9. The van der Waals surface area contributed by atoms with Crippen LogP contribution in [0, 0.1) is 0 Å². The van der Waals surface area contributed by atoms with E-state index in [1.54, 1.807) is 7.11 Å². The fourth-order valence-corrected chi connectivity index (χ4v) is 3.59. The van der Waals surface area contributed by atoms with Crippen LogP contribution < -0.4 is 10.1 Å². The molecule has 5 nitrogen and oxygen atoms in total. The van der Waals surface area contributed by atoms with Crippen molar-refractivity contribution in [1.82, 2.24) is 14.8 Å². The predicted octanol–water partition coefficient (Wildman–Crippen LogP) is 4.10. The van der Waals surface area contributed by atoms with Crippen molar-refractivity contribution in [2.45, 2.75) is 20.3 Å². The van der Waals surface area contributed by atoms with E-state index in [-0.39, 0.29) is 5.91 Å². The number of carbonyl (C=O) groups excluding carboxylic acids is 1. The maximum Gasteiger partial charge on any atom is 0.272 e. The Morgan fingerprint density at radius 2 is 1.71 bits per heavy atom. The Labute approximate surface area is 166 Å². The van der Waals surface area contributed by atoms with Crippen LogP contribution in [0.5, 0.6) is 5.75 Å². The molecule has 0 aliphatic heterocycles. The molecular weight excluding hydrogens is 350 g/mol. The molecule has 5 heteroatoms. The predicted molar refractivity (Wildman–Crippen MR) is 115 cm³/mol. The Morgan fingerprint density at radius 1 is 1.04 bits per heavy atom. The summed E-state index contributed by atoms with van der Waals surface area (Å²) in [4.78, 5) is 15.5. The van der Waals surface area contributed by atoms with E-state index in [1.807, 2.05) is 59.2 Å². The minimum Gasteiger partial charge on any atom is -0.494 e. The minimum atomic E-state index is -0.114. The molecule has 28 heavy (non-hydrogen) atoms. The van der Waals surface area contributed by atoms with Crippen molar-refractivity contribution < 1.29 is 9.53 Å². The highest BCUT2D eigenvalue weighted by molar-refractivity contribution is 6.05. The zero-order valence-electron chi connectivity index (χ0n) is 16.9. The van der Waals surface area contributed by atoms with Gasteiger partial charge in [0.25, 0.3) is 5.91 Å². The lowest BCUT2D eigenvalue weighted by Crippen LogP contribution is -2.31. The fraction of sp³-hybridized carbons (Fsp3) is 0.348. The number of fused-ring (bicyclic) bond motifs is 1. The standard InChI is InChI=1S/C23H29N3O2/c1-4-25(5-2)17-11-16-24-23(27)21-22(28-3)19-14-9-10-15-20(19)26(21)18-12-7-6-8-13-18/h6-10,12-15H,4-5,11,16-17H2,1-3H3,(H,24,27). The second-order valence-electron chi connectivity index (χ2n) is 6.71. The Balaban J connectivity index is 1.92. The number of methoxy groups -OCH3 is 1. The highest BCUT2D eigenvalue weighted by Gasteiger charge is 2.24. The summed E-state index contributed by atoms with van der Waals surface area (Å²) in [5.74, 6) is 0.497. The third-order valence-electron chi connectivity index (χ3n) is 5.09. The van der Waals surface area contributed by atoms with Gasteiger partial charge in [0.15, 0.2) is 11.4 Å². The Hall–Kier alpha value is -2.79. The third kappa shape index (κ3) is 4.04. The van der Waals surface area contributed by atoms with Crippen LogP contribution in [0.1, 0.15) is 30.8 Å². The van der Waals surface area contributed by atoms with Crippen LogP contribution in [0.25, 0.3) is 16.6 Å². The molecule has 0 saturated carbocycles. The summed E-state index contributed by atoms with van der Waals surface area (Å²) >= 11 is 0. The van der Waals surface area contributed by atoms with Gasteiger partial charge in [0.05, 0.1) is 12.6 Å². The molecule has 0 saturated heterocycles. The number of hydrogen-bond acceptors (Lipinski definition) is 3. The molecule has 0 fully saturated rings. The van der Waals surface area contributed by atoms with Gasteiger partial charge in [0.1, 0.15) is 0 Å². The molecule has 1 heterocycles. The topological polar surface area (TPSA) is 46.5 Å². The first-order valence-corrected chi connectivity index (χ1v) is 9.94. The van der Waals surface area contributed by atoms with Crippen molar-refractivity contribution in [3.8, 4) is 11.4 Å². The number of rotatable bonds is 9. The molecule has 0 aliphatic carbocycles. The summed E-state index contributed by atoms with van der Waals surface area (Å²) in [6.45, 7) is 7.98. The Kier molecular flexibility index (Phi) is 6.71. The van der Waals surface area contributed by atoms with Gasteiger partial charge in [-0.05, 0) is 50.3 Å². The lowest BCUT2D eigenvalue weighted by atomic mass is 10.2. The maximum absolute atomic E-state index is 13.1. The van der Waals surface area contributed by atoms with Crippen molar-refractivity contribution in [3.05, 3.63) is 60.3 Å². The number of benzene rings is 2. The van der Waals surface area contributed by atoms with Crippen LogP contribution in [-0.4, -0.2) is 48.7 Å². The molecule has 0 spiro atoms. The number of para-hydroxylation sites is 2. The molecule has 1 N–H and O–H groups in total. The Bertz CT molecular complexity index is 914. The minimum absolute atomic E-state index is 0.114. The molecule has 1 amide bonds. The molecule has 3 rings (SSSR count). The van der Waals surface area contributed by atoms with Gasteiger partial charge < -0.3 is 19.5 Å². The van der Waals surface area contributed by atoms with Crippen LogP contribution in [0.15, 0.2) is 54.6 Å². The van der Waals surface area contributed by atoms with E-state index in [0.717, 1.165) is 42.6 Å². The van der Waals surface area contributed by atoms with Gasteiger partial charge in [-0.1, -0.05) is 44.2 Å². The third-order valence-corrected chi connectivity index (χ3v) is 5.09. The summed E-state index contributed by atoms with van der Waals surface area (Å²) < 4.78 is 7.65. The molecule has 148 valence electrons. The van der Waals surface area contributed by atoms with E-state index < -0.39 is 0 Å². The van der Waals surface area contributed by atoms with Crippen LogP contribution >= 0.6 is 0 Å².